The van der Waals surface area contributed by atoms with E-state index < -0.39 is 12.1 Å². The van der Waals surface area contributed by atoms with Crippen molar-refractivity contribution in [2.75, 3.05) is 0 Å². The number of rotatable bonds is 2. The van der Waals surface area contributed by atoms with Crippen LogP contribution < -0.4 is 5.73 Å². The predicted octanol–water partition coefficient (Wildman–Crippen LogP) is 3.07. The second kappa shape index (κ2) is 6.09. The van der Waals surface area contributed by atoms with Gasteiger partial charge in [-0.3, -0.25) is 0 Å². The summed E-state index contributed by atoms with van der Waals surface area (Å²) in [5.41, 5.74) is 7.24. The number of carboxylic acids is 1. The molecule has 0 bridgehead atoms. The Morgan fingerprint density at radius 2 is 1.85 bits per heavy atom. The monoisotopic (exact) mass is 287 g/mol. The smallest absolute Gasteiger partial charge is 0.475 e. The van der Waals surface area contributed by atoms with E-state index in [4.69, 9.17) is 15.6 Å². The van der Waals surface area contributed by atoms with Gasteiger partial charge in [0.2, 0.25) is 0 Å². The van der Waals surface area contributed by atoms with Gasteiger partial charge in [0.1, 0.15) is 0 Å². The zero-order valence-corrected chi connectivity index (χ0v) is 10.9. The highest BCUT2D eigenvalue weighted by atomic mass is 19.4. The fourth-order valence-electron chi connectivity index (χ4n) is 1.49. The van der Waals surface area contributed by atoms with Gasteiger partial charge in [0.05, 0.1) is 0 Å². The average molecular weight is 287 g/mol. The molecule has 1 fully saturated rings. The summed E-state index contributed by atoms with van der Waals surface area (Å²) in [5, 5.41) is 7.12. The summed E-state index contributed by atoms with van der Waals surface area (Å²) in [5.74, 6) is -2.18. The number of aliphatic carboxylic acids is 1. The summed E-state index contributed by atoms with van der Waals surface area (Å²) in [6, 6.07) is 10.3. The maximum atomic E-state index is 10.6. The van der Waals surface area contributed by atoms with Gasteiger partial charge < -0.3 is 10.8 Å². The standard InChI is InChI=1S/C12H15N.C2HF3O2/c1-12(13)9-11(12)8-7-10-5-3-2-4-6-10;3-2(4,5)1(6)7/h2-8,11H,9,13H2,1H3;(H,6,7). The first-order valence-electron chi connectivity index (χ1n) is 5.95. The molecule has 0 heterocycles. The van der Waals surface area contributed by atoms with Gasteiger partial charge >= 0.3 is 12.1 Å². The fourth-order valence-corrected chi connectivity index (χ4v) is 1.49. The number of carboxylic acid groups (broad SMARTS) is 1. The van der Waals surface area contributed by atoms with Crippen LogP contribution in [0.5, 0.6) is 0 Å². The second-order valence-corrected chi connectivity index (χ2v) is 4.89. The molecule has 2 rings (SSSR count). The van der Waals surface area contributed by atoms with Crippen molar-refractivity contribution < 1.29 is 23.1 Å². The number of hydrogen-bond donors (Lipinski definition) is 2. The molecular weight excluding hydrogens is 271 g/mol. The van der Waals surface area contributed by atoms with Gasteiger partial charge in [-0.15, -0.1) is 0 Å². The van der Waals surface area contributed by atoms with E-state index in [-0.39, 0.29) is 5.54 Å². The third-order valence-electron chi connectivity index (χ3n) is 2.91. The Bertz CT molecular complexity index is 481. The quantitative estimate of drug-likeness (QED) is 0.878. The van der Waals surface area contributed by atoms with Gasteiger partial charge in [-0.25, -0.2) is 4.79 Å². The molecule has 1 aromatic rings. The van der Waals surface area contributed by atoms with Crippen molar-refractivity contribution in [3.05, 3.63) is 42.0 Å². The Hall–Kier alpha value is -1.82. The minimum absolute atomic E-state index is 0.0608. The average Bonchev–Trinajstić information content (AvgIpc) is 2.95. The van der Waals surface area contributed by atoms with Gasteiger partial charge in [0.15, 0.2) is 0 Å². The third kappa shape index (κ3) is 5.44. The van der Waals surface area contributed by atoms with Crippen molar-refractivity contribution in [1.82, 2.24) is 0 Å². The lowest BCUT2D eigenvalue weighted by atomic mass is 10.1. The van der Waals surface area contributed by atoms with E-state index in [9.17, 15) is 13.2 Å². The molecule has 110 valence electrons. The molecule has 0 spiro atoms. The lowest BCUT2D eigenvalue weighted by molar-refractivity contribution is -0.192. The molecule has 20 heavy (non-hydrogen) atoms. The van der Waals surface area contributed by atoms with Crippen molar-refractivity contribution in [1.29, 1.82) is 0 Å². The lowest BCUT2D eigenvalue weighted by Gasteiger charge is -1.97. The van der Waals surface area contributed by atoms with Crippen LogP contribution in [0.1, 0.15) is 18.9 Å². The first-order valence-corrected chi connectivity index (χ1v) is 5.95. The number of benzene rings is 1. The minimum Gasteiger partial charge on any atom is -0.475 e. The van der Waals surface area contributed by atoms with Crippen LogP contribution in [0.2, 0.25) is 0 Å². The molecule has 0 amide bonds. The molecule has 1 aromatic carbocycles. The topological polar surface area (TPSA) is 63.3 Å². The summed E-state index contributed by atoms with van der Waals surface area (Å²) in [6.45, 7) is 2.10. The Balaban J connectivity index is 0.000000246. The zero-order chi connectivity index (χ0) is 15.4. The zero-order valence-electron chi connectivity index (χ0n) is 10.9. The highest BCUT2D eigenvalue weighted by Crippen LogP contribution is 2.41. The summed E-state index contributed by atoms with van der Waals surface area (Å²) in [6.07, 6.45) is 0.411. The Morgan fingerprint density at radius 3 is 2.20 bits per heavy atom. The number of alkyl halides is 3. The maximum Gasteiger partial charge on any atom is 0.490 e. The van der Waals surface area contributed by atoms with Crippen molar-refractivity contribution in [2.45, 2.75) is 25.1 Å². The molecule has 0 radical (unpaired) electrons. The van der Waals surface area contributed by atoms with Gasteiger partial charge in [-0.1, -0.05) is 42.5 Å². The van der Waals surface area contributed by atoms with Crippen LogP contribution in [-0.2, 0) is 4.79 Å². The molecule has 1 saturated carbocycles. The Kier molecular flexibility index (Phi) is 4.94. The fraction of sp³-hybridized carbons (Fsp3) is 0.357. The summed E-state index contributed by atoms with van der Waals surface area (Å²) in [7, 11) is 0. The molecule has 0 aromatic heterocycles. The maximum absolute atomic E-state index is 10.6. The van der Waals surface area contributed by atoms with Crippen LogP contribution >= 0.6 is 0 Å². The SMILES string of the molecule is CC1(N)CC1C=Cc1ccccc1.O=C(O)C(F)(F)F. The first-order chi connectivity index (χ1) is 9.13. The third-order valence-corrected chi connectivity index (χ3v) is 2.91. The van der Waals surface area contributed by atoms with Crippen molar-refractivity contribution >= 4 is 12.0 Å². The Labute approximate surface area is 114 Å². The Morgan fingerprint density at radius 1 is 1.40 bits per heavy atom. The summed E-state index contributed by atoms with van der Waals surface area (Å²) in [4.78, 5) is 8.90. The van der Waals surface area contributed by atoms with E-state index in [2.05, 4.69) is 31.2 Å². The number of nitrogens with two attached hydrogens (primary N) is 1. The van der Waals surface area contributed by atoms with Gasteiger partial charge in [0, 0.05) is 5.54 Å². The molecule has 2 unspecified atom stereocenters. The van der Waals surface area contributed by atoms with E-state index >= 15 is 0 Å². The molecule has 1 aliphatic carbocycles. The number of halogens is 3. The highest BCUT2D eigenvalue weighted by Gasteiger charge is 2.44. The summed E-state index contributed by atoms with van der Waals surface area (Å²) < 4.78 is 31.7. The molecule has 0 aliphatic heterocycles. The molecule has 3 nitrogen and oxygen atoms in total. The van der Waals surface area contributed by atoms with Crippen LogP contribution in [0.25, 0.3) is 6.08 Å². The van der Waals surface area contributed by atoms with Crippen LogP contribution in [0.4, 0.5) is 13.2 Å². The van der Waals surface area contributed by atoms with E-state index in [0.717, 1.165) is 6.42 Å². The molecule has 3 N–H and O–H groups in total. The highest BCUT2D eigenvalue weighted by molar-refractivity contribution is 5.73. The van der Waals surface area contributed by atoms with Gasteiger partial charge in [-0.2, -0.15) is 13.2 Å². The number of hydrogen-bond acceptors (Lipinski definition) is 2. The van der Waals surface area contributed by atoms with Gasteiger partial charge in [0.25, 0.3) is 0 Å². The molecule has 2 atom stereocenters. The van der Waals surface area contributed by atoms with E-state index in [1.165, 1.54) is 5.56 Å². The normalized spacial score (nSPS) is 24.9. The van der Waals surface area contributed by atoms with Crippen LogP contribution in [0.15, 0.2) is 36.4 Å². The summed E-state index contributed by atoms with van der Waals surface area (Å²) >= 11 is 0. The molecule has 0 saturated heterocycles. The first kappa shape index (κ1) is 16.2. The largest absolute Gasteiger partial charge is 0.490 e. The molecule has 6 heteroatoms. The molecule has 1 aliphatic rings. The van der Waals surface area contributed by atoms with Crippen LogP contribution in [0.3, 0.4) is 0 Å². The predicted molar refractivity (Wildman–Crippen MR) is 69.9 cm³/mol. The van der Waals surface area contributed by atoms with Gasteiger partial charge in [-0.05, 0) is 24.8 Å². The van der Waals surface area contributed by atoms with E-state index in [0.29, 0.717) is 5.92 Å². The lowest BCUT2D eigenvalue weighted by Crippen LogP contribution is -2.21. The van der Waals surface area contributed by atoms with E-state index in [1.807, 2.05) is 18.2 Å². The van der Waals surface area contributed by atoms with Crippen molar-refractivity contribution in [3.8, 4) is 0 Å². The van der Waals surface area contributed by atoms with Crippen LogP contribution in [0, 0.1) is 5.92 Å². The van der Waals surface area contributed by atoms with E-state index in [1.54, 1.807) is 0 Å². The second-order valence-electron chi connectivity index (χ2n) is 4.89. The van der Waals surface area contributed by atoms with Crippen molar-refractivity contribution in [3.63, 3.8) is 0 Å². The molecular formula is C14H16F3NO2. The van der Waals surface area contributed by atoms with Crippen LogP contribution in [-0.4, -0.2) is 22.8 Å². The number of carbonyl (C=O) groups is 1. The minimum atomic E-state index is -5.08. The van der Waals surface area contributed by atoms with Crippen molar-refractivity contribution in [2.24, 2.45) is 11.7 Å².